The molecule has 1 N–H and O–H groups in total. The van der Waals surface area contributed by atoms with Gasteiger partial charge in [0.15, 0.2) is 0 Å². The standard InChI is InChI=1S/C12H11O4P.Ni/c13-17(14,15-11-7-3-1-4-8-11)16-12-9-5-2-6-10-12;/h1-10H,(H,13,14);. The van der Waals surface area contributed by atoms with Gasteiger partial charge in [0.05, 0.1) is 0 Å². The maximum Gasteiger partial charge on any atom is 0.584 e. The average Bonchev–Trinajstić information content (AvgIpc) is 2.30. The third-order valence-corrected chi connectivity index (χ3v) is 2.81. The number of benzene rings is 2. The van der Waals surface area contributed by atoms with E-state index >= 15 is 0 Å². The molecule has 0 amide bonds. The molecule has 0 heterocycles. The molecule has 2 rings (SSSR count). The van der Waals surface area contributed by atoms with Crippen LogP contribution in [0.3, 0.4) is 0 Å². The molecule has 2 aromatic rings. The van der Waals surface area contributed by atoms with Crippen LogP contribution in [0.15, 0.2) is 60.7 Å². The zero-order chi connectivity index (χ0) is 12.1. The van der Waals surface area contributed by atoms with Crippen molar-refractivity contribution in [1.82, 2.24) is 0 Å². The summed E-state index contributed by atoms with van der Waals surface area (Å²) in [7, 11) is -4.14. The van der Waals surface area contributed by atoms with Crippen molar-refractivity contribution in [2.24, 2.45) is 0 Å². The molecule has 0 radical (unpaired) electrons. The molecular weight excluding hydrogens is 298 g/mol. The molecule has 0 aliphatic carbocycles. The minimum Gasteiger partial charge on any atom is -0.395 e. The largest absolute Gasteiger partial charge is 0.584 e. The smallest absolute Gasteiger partial charge is 0.395 e. The van der Waals surface area contributed by atoms with Gasteiger partial charge in [-0.3, -0.25) is 4.89 Å². The summed E-state index contributed by atoms with van der Waals surface area (Å²) < 4.78 is 21.5. The fraction of sp³-hybridized carbons (Fsp3) is 0. The Morgan fingerprint density at radius 3 is 1.44 bits per heavy atom. The summed E-state index contributed by atoms with van der Waals surface area (Å²) in [4.78, 5) is 9.53. The number of para-hydroxylation sites is 2. The number of rotatable bonds is 4. The van der Waals surface area contributed by atoms with Crippen LogP contribution in [0.5, 0.6) is 11.5 Å². The second-order valence-corrected chi connectivity index (χ2v) is 4.58. The Morgan fingerprint density at radius 2 is 1.11 bits per heavy atom. The Labute approximate surface area is 115 Å². The molecule has 0 spiro atoms. The summed E-state index contributed by atoms with van der Waals surface area (Å²) in [5, 5.41) is 0. The van der Waals surface area contributed by atoms with Gasteiger partial charge in [-0.25, -0.2) is 4.57 Å². The van der Waals surface area contributed by atoms with Gasteiger partial charge in [0.25, 0.3) is 0 Å². The Morgan fingerprint density at radius 1 is 0.778 bits per heavy atom. The normalized spacial score (nSPS) is 10.3. The van der Waals surface area contributed by atoms with Gasteiger partial charge in [-0.1, -0.05) is 36.4 Å². The van der Waals surface area contributed by atoms with Crippen LogP contribution in [0, 0.1) is 0 Å². The Balaban J connectivity index is 0.00000162. The van der Waals surface area contributed by atoms with Crippen LogP contribution < -0.4 is 9.05 Å². The van der Waals surface area contributed by atoms with E-state index in [4.69, 9.17) is 9.05 Å². The van der Waals surface area contributed by atoms with Crippen molar-refractivity contribution in [1.29, 1.82) is 0 Å². The van der Waals surface area contributed by atoms with E-state index in [-0.39, 0.29) is 28.0 Å². The maximum absolute atomic E-state index is 11.7. The average molecular weight is 309 g/mol. The van der Waals surface area contributed by atoms with Gasteiger partial charge in [-0.15, -0.1) is 0 Å². The summed E-state index contributed by atoms with van der Waals surface area (Å²) in [5.74, 6) is 0.573. The molecule has 0 saturated heterocycles. The molecule has 0 aliphatic rings. The fourth-order valence-electron chi connectivity index (χ4n) is 1.25. The van der Waals surface area contributed by atoms with Crippen molar-refractivity contribution in [2.75, 3.05) is 0 Å². The zero-order valence-electron chi connectivity index (χ0n) is 9.21. The van der Waals surface area contributed by atoms with Crippen molar-refractivity contribution >= 4 is 7.82 Å². The van der Waals surface area contributed by atoms with Crippen LogP contribution >= 0.6 is 7.82 Å². The molecule has 0 aliphatic heterocycles. The van der Waals surface area contributed by atoms with Gasteiger partial charge in [0.2, 0.25) is 0 Å². The van der Waals surface area contributed by atoms with E-state index in [0.717, 1.165) is 0 Å². The Hall–Kier alpha value is -1.28. The third kappa shape index (κ3) is 4.54. The molecule has 0 unspecified atom stereocenters. The summed E-state index contributed by atoms with van der Waals surface area (Å²) in [6.45, 7) is 0. The van der Waals surface area contributed by atoms with E-state index in [1.165, 1.54) is 0 Å². The minimum atomic E-state index is -4.14. The molecule has 0 saturated carbocycles. The van der Waals surface area contributed by atoms with Gasteiger partial charge in [0.1, 0.15) is 11.5 Å². The topological polar surface area (TPSA) is 55.8 Å². The first-order chi connectivity index (χ1) is 8.16. The second kappa shape index (κ2) is 6.60. The Kier molecular flexibility index (Phi) is 5.42. The van der Waals surface area contributed by atoms with Gasteiger partial charge in [-0.2, -0.15) is 0 Å². The van der Waals surface area contributed by atoms with Crippen LogP contribution in [0.25, 0.3) is 0 Å². The predicted molar refractivity (Wildman–Crippen MR) is 64.0 cm³/mol. The molecule has 0 aromatic heterocycles. The predicted octanol–water partition coefficient (Wildman–Crippen LogP) is 3.24. The van der Waals surface area contributed by atoms with E-state index < -0.39 is 7.82 Å². The molecule has 0 atom stereocenters. The third-order valence-electron chi connectivity index (χ3n) is 1.93. The first-order valence-corrected chi connectivity index (χ1v) is 6.47. The summed E-state index contributed by atoms with van der Waals surface area (Å²) >= 11 is 0. The number of hydrogen-bond donors (Lipinski definition) is 1. The van der Waals surface area contributed by atoms with E-state index in [2.05, 4.69) is 0 Å². The van der Waals surface area contributed by atoms with Crippen molar-refractivity contribution in [3.8, 4) is 11.5 Å². The van der Waals surface area contributed by atoms with Crippen molar-refractivity contribution in [3.05, 3.63) is 60.7 Å². The van der Waals surface area contributed by atoms with Crippen molar-refractivity contribution < 1.29 is 35.0 Å². The van der Waals surface area contributed by atoms with Crippen LogP contribution in [0.2, 0.25) is 0 Å². The first kappa shape index (κ1) is 14.8. The quantitative estimate of drug-likeness (QED) is 0.696. The van der Waals surface area contributed by atoms with Gasteiger partial charge >= 0.3 is 7.82 Å². The fourth-order valence-corrected chi connectivity index (χ4v) is 2.06. The second-order valence-electron chi connectivity index (χ2n) is 3.28. The molecule has 2 aromatic carbocycles. The SMILES string of the molecule is O=P(O)(Oc1ccccc1)Oc1ccccc1.[Ni]. The molecular formula is C12H11NiO4P. The van der Waals surface area contributed by atoms with Crippen LogP contribution in [-0.2, 0) is 21.1 Å². The molecule has 6 heteroatoms. The van der Waals surface area contributed by atoms with E-state index in [9.17, 15) is 9.46 Å². The van der Waals surface area contributed by atoms with E-state index in [1.807, 2.05) is 0 Å². The first-order valence-electron chi connectivity index (χ1n) is 4.98. The molecule has 4 nitrogen and oxygen atoms in total. The van der Waals surface area contributed by atoms with Crippen molar-refractivity contribution in [3.63, 3.8) is 0 Å². The maximum atomic E-state index is 11.7. The molecule has 18 heavy (non-hydrogen) atoms. The molecule has 98 valence electrons. The summed E-state index contributed by atoms with van der Waals surface area (Å²) in [6, 6.07) is 16.7. The van der Waals surface area contributed by atoms with Gasteiger partial charge in [-0.05, 0) is 24.3 Å². The minimum absolute atomic E-state index is 0. The van der Waals surface area contributed by atoms with E-state index in [0.29, 0.717) is 0 Å². The van der Waals surface area contributed by atoms with E-state index in [1.54, 1.807) is 60.7 Å². The number of hydrogen-bond acceptors (Lipinski definition) is 3. The summed E-state index contributed by atoms with van der Waals surface area (Å²) in [6.07, 6.45) is 0. The van der Waals surface area contributed by atoms with Crippen LogP contribution in [0.1, 0.15) is 0 Å². The molecule has 0 bridgehead atoms. The van der Waals surface area contributed by atoms with Crippen LogP contribution in [0.4, 0.5) is 0 Å². The number of phosphoric ester groups is 1. The van der Waals surface area contributed by atoms with Gasteiger partial charge in [0, 0.05) is 16.5 Å². The molecule has 0 fully saturated rings. The summed E-state index contributed by atoms with van der Waals surface area (Å²) in [5.41, 5.74) is 0. The van der Waals surface area contributed by atoms with Crippen LogP contribution in [-0.4, -0.2) is 4.89 Å². The van der Waals surface area contributed by atoms with Crippen molar-refractivity contribution in [2.45, 2.75) is 0 Å². The monoisotopic (exact) mass is 308 g/mol. The number of phosphoric acid groups is 1. The zero-order valence-corrected chi connectivity index (χ0v) is 11.1. The van der Waals surface area contributed by atoms with Gasteiger partial charge < -0.3 is 9.05 Å². The Bertz CT molecular complexity index is 473.